The normalized spacial score (nSPS) is 40.8. The third-order valence-corrected chi connectivity index (χ3v) is 13.5. The minimum absolute atomic E-state index is 0.0448. The Bertz CT molecular complexity index is 1490. The first-order valence-corrected chi connectivity index (χ1v) is 22.0. The maximum Gasteiger partial charge on any atom is 0.311 e. The van der Waals surface area contributed by atoms with Gasteiger partial charge in [-0.1, -0.05) is 51.1 Å². The second-order valence-electron chi connectivity index (χ2n) is 18.7. The molecule has 0 saturated carbocycles. The highest BCUT2D eigenvalue weighted by molar-refractivity contribution is 5.82. The Balaban J connectivity index is 1.47. The van der Waals surface area contributed by atoms with Gasteiger partial charge in [-0.15, -0.1) is 0 Å². The number of hydrogen-bond donors (Lipinski definition) is 5. The smallest absolute Gasteiger partial charge is 0.311 e. The van der Waals surface area contributed by atoms with Gasteiger partial charge in [0, 0.05) is 51.3 Å². The summed E-state index contributed by atoms with van der Waals surface area (Å²) < 4.78 is 31.0. The van der Waals surface area contributed by atoms with E-state index in [1.807, 2.05) is 93.9 Å². The van der Waals surface area contributed by atoms with Crippen molar-refractivity contribution in [3.63, 3.8) is 0 Å². The number of nitrogens with zero attached hydrogens (tertiary/aromatic N) is 3. The largest absolute Gasteiger partial charge is 0.459 e. The quantitative estimate of drug-likeness (QED) is 0.194. The van der Waals surface area contributed by atoms with Gasteiger partial charge in [0.1, 0.15) is 23.9 Å². The van der Waals surface area contributed by atoms with E-state index in [0.717, 1.165) is 5.56 Å². The molecule has 0 radical (unpaired) electrons. The molecule has 3 saturated heterocycles. The highest BCUT2D eigenvalue weighted by Gasteiger charge is 2.50. The number of esters is 1. The number of benzene rings is 1. The van der Waals surface area contributed by atoms with E-state index < -0.39 is 77.9 Å². The summed E-state index contributed by atoms with van der Waals surface area (Å²) in [6.45, 7) is 16.7. The van der Waals surface area contributed by atoms with Crippen molar-refractivity contribution in [2.45, 2.75) is 166 Å². The summed E-state index contributed by atoms with van der Waals surface area (Å²) in [6.07, 6.45) is -5.01. The van der Waals surface area contributed by atoms with Crippen LogP contribution >= 0.6 is 0 Å². The maximum atomic E-state index is 13.8. The van der Waals surface area contributed by atoms with Gasteiger partial charge in [0.2, 0.25) is 5.91 Å². The van der Waals surface area contributed by atoms with Gasteiger partial charge in [0.05, 0.1) is 48.6 Å². The Morgan fingerprint density at radius 3 is 2.32 bits per heavy atom. The minimum atomic E-state index is -1.75. The van der Waals surface area contributed by atoms with Crippen LogP contribution in [0.15, 0.2) is 30.3 Å². The predicted octanol–water partition coefficient (Wildman–Crippen LogP) is 2.41. The zero-order valence-corrected chi connectivity index (χ0v) is 38.3. The molecule has 0 aliphatic carbocycles. The van der Waals surface area contributed by atoms with Crippen LogP contribution in [-0.2, 0) is 39.9 Å². The number of cyclic esters (lactones) is 1. The number of likely N-dealkylation sites (tertiary alicyclic amines) is 1. The fraction of sp³-hybridized carbons (Fsp3) is 0.822. The molecule has 15 heteroatoms. The number of carbonyl (C=O) groups is 2. The van der Waals surface area contributed by atoms with E-state index >= 15 is 0 Å². The minimum Gasteiger partial charge on any atom is -0.459 e. The summed E-state index contributed by atoms with van der Waals surface area (Å²) >= 11 is 0. The summed E-state index contributed by atoms with van der Waals surface area (Å²) in [5.74, 6) is -2.29. The first-order chi connectivity index (χ1) is 28.1. The third-order valence-electron chi connectivity index (χ3n) is 13.5. The van der Waals surface area contributed by atoms with E-state index in [9.17, 15) is 30.0 Å². The number of methoxy groups -OCH3 is 1. The third kappa shape index (κ3) is 12.5. The fourth-order valence-corrected chi connectivity index (χ4v) is 9.88. The number of ether oxygens (including phenoxy) is 5. The van der Waals surface area contributed by atoms with Crippen LogP contribution in [-0.4, -0.2) is 180 Å². The van der Waals surface area contributed by atoms with Crippen LogP contribution in [0.5, 0.6) is 0 Å². The standard InChI is InChI=1S/C45H78N4O11/c1-13-36-45(8,55)39(51)31(6)48(10)24-27(2)23-44(7,54)40(29(4)38(56-12)30(5)42(53)59-36)60-43-37(50)34(21-28(3)58-43)47(9)20-19-46-41(52)35-22-33(25-49(35)11)57-26-32-17-15-14-16-18-32/h14-18,27-31,33-40,43,50-51,54-55H,13,19-26H2,1-12H3,(H,46,52)/t27-,28-,29+,30-,31-,33-,34+,35+,36-,37-,38+,39-,40-,43+,44-,45-/m1/s1. The Hall–Kier alpha value is -2.28. The van der Waals surface area contributed by atoms with Crippen LogP contribution in [0.25, 0.3) is 0 Å². The molecular weight excluding hydrogens is 773 g/mol. The summed E-state index contributed by atoms with van der Waals surface area (Å²) in [5.41, 5.74) is -2.16. The fourth-order valence-electron chi connectivity index (χ4n) is 9.88. The maximum absolute atomic E-state index is 13.8. The molecule has 60 heavy (non-hydrogen) atoms. The lowest BCUT2D eigenvalue weighted by atomic mass is 9.78. The molecule has 3 heterocycles. The molecule has 1 aromatic rings. The van der Waals surface area contributed by atoms with E-state index in [1.54, 1.807) is 20.8 Å². The monoisotopic (exact) mass is 851 g/mol. The van der Waals surface area contributed by atoms with Crippen molar-refractivity contribution in [3.8, 4) is 0 Å². The Morgan fingerprint density at radius 2 is 1.68 bits per heavy atom. The number of carbonyl (C=O) groups excluding carboxylic acids is 2. The van der Waals surface area contributed by atoms with Crippen molar-refractivity contribution in [3.05, 3.63) is 35.9 Å². The van der Waals surface area contributed by atoms with Gasteiger partial charge in [-0.25, -0.2) is 0 Å². The van der Waals surface area contributed by atoms with Gasteiger partial charge in [-0.3, -0.25) is 19.4 Å². The second-order valence-corrected chi connectivity index (χ2v) is 18.7. The van der Waals surface area contributed by atoms with E-state index in [2.05, 4.69) is 5.32 Å². The lowest BCUT2D eigenvalue weighted by molar-refractivity contribution is -0.300. The van der Waals surface area contributed by atoms with Gasteiger partial charge >= 0.3 is 5.97 Å². The highest BCUT2D eigenvalue weighted by Crippen LogP contribution is 2.37. The van der Waals surface area contributed by atoms with Crippen molar-refractivity contribution in [2.24, 2.45) is 17.8 Å². The van der Waals surface area contributed by atoms with Crippen LogP contribution in [0.1, 0.15) is 86.6 Å². The van der Waals surface area contributed by atoms with Crippen molar-refractivity contribution in [1.29, 1.82) is 0 Å². The zero-order chi connectivity index (χ0) is 44.7. The van der Waals surface area contributed by atoms with Crippen LogP contribution in [0.4, 0.5) is 0 Å². The van der Waals surface area contributed by atoms with Gasteiger partial charge < -0.3 is 54.3 Å². The molecule has 15 nitrogen and oxygen atoms in total. The zero-order valence-electron chi connectivity index (χ0n) is 38.3. The van der Waals surface area contributed by atoms with Crippen LogP contribution < -0.4 is 5.32 Å². The SMILES string of the molecule is CC[C@H]1OC(=O)[C@H](C)[C@@H](OC)[C@H](C)[C@@H](O[C@@H]2O[C@H](C)C[C@H](N(C)CCNC(=O)[C@@H]3C[C@@H](OCc4ccccc4)CN3C)[C@H]2O)[C@](C)(O)C[C@@H](C)CN(C)[C@H](C)[C@@H](O)[C@]1(C)O. The van der Waals surface area contributed by atoms with Gasteiger partial charge in [0.25, 0.3) is 0 Å². The molecule has 0 spiro atoms. The lowest BCUT2D eigenvalue weighted by Crippen LogP contribution is -2.60. The van der Waals surface area contributed by atoms with E-state index in [-0.39, 0.29) is 42.9 Å². The van der Waals surface area contributed by atoms with Crippen molar-refractivity contribution < 1.29 is 53.7 Å². The molecule has 1 aromatic carbocycles. The average molecular weight is 851 g/mol. The molecular formula is C45H78N4O11. The van der Waals surface area contributed by atoms with Gasteiger partial charge in [0.15, 0.2) is 6.29 Å². The molecule has 344 valence electrons. The molecule has 4 rings (SSSR count). The number of rotatable bonds is 12. The van der Waals surface area contributed by atoms with Crippen molar-refractivity contribution in [2.75, 3.05) is 54.4 Å². The molecule has 3 aliphatic heterocycles. The second kappa shape index (κ2) is 21.9. The Labute approximate surface area is 359 Å². The lowest BCUT2D eigenvalue weighted by Gasteiger charge is -2.47. The van der Waals surface area contributed by atoms with Crippen LogP contribution in [0, 0.1) is 17.8 Å². The molecule has 3 aliphatic rings. The number of hydrogen-bond acceptors (Lipinski definition) is 14. The highest BCUT2D eigenvalue weighted by atomic mass is 16.7. The Kier molecular flexibility index (Phi) is 18.4. The molecule has 0 aromatic heterocycles. The number of aliphatic hydroxyl groups is 4. The predicted molar refractivity (Wildman–Crippen MR) is 228 cm³/mol. The molecule has 16 atom stereocenters. The van der Waals surface area contributed by atoms with Gasteiger partial charge in [-0.05, 0) is 92.9 Å². The topological polar surface area (TPSA) is 183 Å². The van der Waals surface area contributed by atoms with Crippen LogP contribution in [0.2, 0.25) is 0 Å². The van der Waals surface area contributed by atoms with Crippen molar-refractivity contribution >= 4 is 11.9 Å². The van der Waals surface area contributed by atoms with Crippen molar-refractivity contribution in [1.82, 2.24) is 20.0 Å². The molecule has 1 amide bonds. The Morgan fingerprint density at radius 1 is 1.02 bits per heavy atom. The van der Waals surface area contributed by atoms with E-state index in [4.69, 9.17) is 23.7 Å². The number of amides is 1. The summed E-state index contributed by atoms with van der Waals surface area (Å²) in [4.78, 5) is 33.1. The molecule has 3 fully saturated rings. The number of nitrogens with one attached hydrogen (secondary N) is 1. The van der Waals surface area contributed by atoms with E-state index in [0.29, 0.717) is 45.6 Å². The summed E-state index contributed by atoms with van der Waals surface area (Å²) in [6, 6.07) is 8.78. The first-order valence-electron chi connectivity index (χ1n) is 22.0. The summed E-state index contributed by atoms with van der Waals surface area (Å²) in [5, 5.41) is 50.4. The number of likely N-dealkylation sites (N-methyl/N-ethyl adjacent to an activating group) is 3. The summed E-state index contributed by atoms with van der Waals surface area (Å²) in [7, 11) is 7.17. The van der Waals surface area contributed by atoms with Crippen LogP contribution in [0.3, 0.4) is 0 Å². The first kappa shape index (κ1) is 50.4. The number of aliphatic hydroxyl groups excluding tert-OH is 2. The molecule has 5 N–H and O–H groups in total. The molecule has 0 bridgehead atoms. The van der Waals surface area contributed by atoms with Gasteiger partial charge in [-0.2, -0.15) is 0 Å². The average Bonchev–Trinajstić information content (AvgIpc) is 3.58. The molecule has 0 unspecified atom stereocenters. The van der Waals surface area contributed by atoms with E-state index in [1.165, 1.54) is 14.0 Å².